The molecule has 0 fully saturated rings. The maximum absolute atomic E-state index is 2.39. The van der Waals surface area contributed by atoms with Crippen LogP contribution in [0.3, 0.4) is 0 Å². The summed E-state index contributed by atoms with van der Waals surface area (Å²) in [6, 6.07) is 60.3. The van der Waals surface area contributed by atoms with Crippen LogP contribution in [0.15, 0.2) is 164 Å². The van der Waals surface area contributed by atoms with E-state index in [-0.39, 0.29) is 6.04 Å². The minimum absolute atomic E-state index is 0.117. The van der Waals surface area contributed by atoms with E-state index in [4.69, 9.17) is 0 Å². The van der Waals surface area contributed by atoms with Crippen molar-refractivity contribution in [1.29, 1.82) is 0 Å². The maximum Gasteiger partial charge on any atom is 0.0157 e. The van der Waals surface area contributed by atoms with Gasteiger partial charge in [-0.05, 0) is 62.0 Å². The monoisotopic (exact) mass is 566 g/mol. The predicted octanol–water partition coefficient (Wildman–Crippen LogP) is 6.57. The SMILES string of the molecule is CN(C)[C@@H](c1ccccc1P(c1ccccc1)c1ccccc1)[c-]1cccc1P(c1ccccc1)c1ccccc1. The van der Waals surface area contributed by atoms with Gasteiger partial charge >= 0.3 is 0 Å². The van der Waals surface area contributed by atoms with Crippen molar-refractivity contribution < 1.29 is 0 Å². The molecule has 0 aliphatic carbocycles. The number of nitrogens with zero attached hydrogens (tertiary/aromatic N) is 1. The molecule has 202 valence electrons. The van der Waals surface area contributed by atoms with Crippen molar-refractivity contribution >= 4 is 47.7 Å². The minimum atomic E-state index is -0.734. The molecule has 0 radical (unpaired) electrons. The Kier molecular flexibility index (Phi) is 8.60. The highest BCUT2D eigenvalue weighted by atomic mass is 31.1. The lowest BCUT2D eigenvalue weighted by Gasteiger charge is -2.35. The van der Waals surface area contributed by atoms with Crippen molar-refractivity contribution in [2.75, 3.05) is 14.1 Å². The first-order chi connectivity index (χ1) is 20.2. The van der Waals surface area contributed by atoms with Crippen molar-refractivity contribution in [3.05, 3.63) is 175 Å². The predicted molar refractivity (Wildman–Crippen MR) is 181 cm³/mol. The second-order valence-electron chi connectivity index (χ2n) is 10.3. The summed E-state index contributed by atoms with van der Waals surface area (Å²) in [4.78, 5) is 2.39. The fourth-order valence-electron chi connectivity index (χ4n) is 5.67. The van der Waals surface area contributed by atoms with Gasteiger partial charge in [0.2, 0.25) is 0 Å². The van der Waals surface area contributed by atoms with Gasteiger partial charge in [-0.2, -0.15) is 6.07 Å². The molecule has 0 N–H and O–H groups in total. The molecule has 0 saturated carbocycles. The van der Waals surface area contributed by atoms with Gasteiger partial charge in [-0.15, -0.1) is 10.9 Å². The molecule has 0 aliphatic heterocycles. The van der Waals surface area contributed by atoms with E-state index in [2.05, 4.69) is 183 Å². The molecule has 0 bridgehead atoms. The lowest BCUT2D eigenvalue weighted by molar-refractivity contribution is 0.345. The van der Waals surface area contributed by atoms with Gasteiger partial charge in [0, 0.05) is 6.04 Å². The van der Waals surface area contributed by atoms with Gasteiger partial charge in [0.15, 0.2) is 0 Å². The van der Waals surface area contributed by atoms with Gasteiger partial charge in [-0.25, -0.2) is 12.1 Å². The Hall–Kier alpha value is -3.73. The summed E-state index contributed by atoms with van der Waals surface area (Å²) >= 11 is 0. The average molecular weight is 567 g/mol. The third-order valence-corrected chi connectivity index (χ3v) is 12.4. The Bertz CT molecular complexity index is 1580. The molecule has 0 spiro atoms. The maximum atomic E-state index is 2.39. The molecule has 0 heterocycles. The van der Waals surface area contributed by atoms with Crippen molar-refractivity contribution in [2.24, 2.45) is 0 Å². The molecule has 0 aromatic heterocycles. The zero-order valence-corrected chi connectivity index (χ0v) is 25.3. The van der Waals surface area contributed by atoms with Crippen LogP contribution < -0.4 is 31.8 Å². The van der Waals surface area contributed by atoms with Gasteiger partial charge in [0.25, 0.3) is 0 Å². The highest BCUT2D eigenvalue weighted by Crippen LogP contribution is 2.41. The van der Waals surface area contributed by atoms with Crippen LogP contribution in [0.25, 0.3) is 0 Å². The van der Waals surface area contributed by atoms with E-state index in [0.717, 1.165) is 0 Å². The normalized spacial score (nSPS) is 12.2. The summed E-state index contributed by atoms with van der Waals surface area (Å²) in [7, 11) is 3.00. The van der Waals surface area contributed by atoms with Crippen LogP contribution in [0, 0.1) is 0 Å². The molecular formula is C38H34NP2-. The molecule has 0 saturated heterocycles. The lowest BCUT2D eigenvalue weighted by atomic mass is 10.00. The number of hydrogen-bond donors (Lipinski definition) is 0. The molecule has 41 heavy (non-hydrogen) atoms. The number of rotatable bonds is 9. The highest BCUT2D eigenvalue weighted by Gasteiger charge is 2.26. The Morgan fingerprint density at radius 3 is 1.34 bits per heavy atom. The Labute approximate surface area is 247 Å². The van der Waals surface area contributed by atoms with Gasteiger partial charge in [-0.3, -0.25) is 0 Å². The van der Waals surface area contributed by atoms with E-state index in [1.54, 1.807) is 0 Å². The van der Waals surface area contributed by atoms with Crippen molar-refractivity contribution in [3.63, 3.8) is 0 Å². The molecule has 0 amide bonds. The molecule has 1 nitrogen and oxygen atoms in total. The first-order valence-corrected chi connectivity index (χ1v) is 16.7. The van der Waals surface area contributed by atoms with Crippen molar-refractivity contribution in [2.45, 2.75) is 6.04 Å². The van der Waals surface area contributed by atoms with E-state index in [9.17, 15) is 0 Å². The molecule has 6 aromatic carbocycles. The quantitative estimate of drug-likeness (QED) is 0.141. The molecular weight excluding hydrogens is 532 g/mol. The van der Waals surface area contributed by atoms with Crippen LogP contribution in [0.5, 0.6) is 0 Å². The first kappa shape index (κ1) is 27.4. The minimum Gasteiger partial charge on any atom is -0.309 e. The first-order valence-electron chi connectivity index (χ1n) is 14.0. The zero-order chi connectivity index (χ0) is 28.0. The van der Waals surface area contributed by atoms with E-state index in [1.807, 2.05) is 0 Å². The second kappa shape index (κ2) is 12.8. The van der Waals surface area contributed by atoms with Gasteiger partial charge in [0.1, 0.15) is 0 Å². The Morgan fingerprint density at radius 1 is 0.463 bits per heavy atom. The molecule has 3 heteroatoms. The zero-order valence-electron chi connectivity index (χ0n) is 23.5. The highest BCUT2D eigenvalue weighted by molar-refractivity contribution is 7.80. The fraction of sp³-hybridized carbons (Fsp3) is 0.0789. The van der Waals surface area contributed by atoms with E-state index in [0.29, 0.717) is 0 Å². The van der Waals surface area contributed by atoms with E-state index < -0.39 is 15.8 Å². The summed E-state index contributed by atoms with van der Waals surface area (Å²) in [5.74, 6) is 0. The Morgan fingerprint density at radius 2 is 0.878 bits per heavy atom. The largest absolute Gasteiger partial charge is 0.309 e. The smallest absolute Gasteiger partial charge is 0.0157 e. The van der Waals surface area contributed by atoms with Crippen molar-refractivity contribution in [1.82, 2.24) is 4.90 Å². The fourth-order valence-corrected chi connectivity index (χ4v) is 10.6. The molecule has 1 atom stereocenters. The van der Waals surface area contributed by atoms with Crippen LogP contribution in [-0.2, 0) is 0 Å². The Balaban J connectivity index is 1.53. The van der Waals surface area contributed by atoms with Crippen LogP contribution in [0.4, 0.5) is 0 Å². The van der Waals surface area contributed by atoms with E-state index >= 15 is 0 Å². The van der Waals surface area contributed by atoms with Gasteiger partial charge in [0.05, 0.1) is 0 Å². The number of benzene rings is 5. The van der Waals surface area contributed by atoms with E-state index in [1.165, 1.54) is 43.0 Å². The van der Waals surface area contributed by atoms with Gasteiger partial charge < -0.3 is 4.90 Å². The molecule has 0 unspecified atom stereocenters. The summed E-state index contributed by atoms with van der Waals surface area (Å²) in [6.07, 6.45) is 0. The summed E-state index contributed by atoms with van der Waals surface area (Å²) in [5.41, 5.74) is 2.76. The van der Waals surface area contributed by atoms with Crippen LogP contribution in [-0.4, -0.2) is 19.0 Å². The van der Waals surface area contributed by atoms with Crippen LogP contribution >= 0.6 is 15.8 Å². The summed E-state index contributed by atoms with van der Waals surface area (Å²) < 4.78 is 0. The molecule has 6 aromatic rings. The number of hydrogen-bond acceptors (Lipinski definition) is 1. The van der Waals surface area contributed by atoms with Crippen LogP contribution in [0.1, 0.15) is 17.2 Å². The third-order valence-electron chi connectivity index (χ3n) is 7.41. The summed E-state index contributed by atoms with van der Waals surface area (Å²) in [5, 5.41) is 8.34. The average Bonchev–Trinajstić information content (AvgIpc) is 3.49. The molecule has 6 rings (SSSR count). The third kappa shape index (κ3) is 5.86. The topological polar surface area (TPSA) is 3.24 Å². The van der Waals surface area contributed by atoms with Crippen LogP contribution in [0.2, 0.25) is 0 Å². The standard InChI is InChI=1S/C38H34NP2/c1-39(2)38(35-27-17-29-37(35)41(32-22-11-5-12-23-32)33-24-13-6-14-25-33)34-26-15-16-28-36(34)40(30-18-7-3-8-19-30)31-20-9-4-10-21-31/h3-29,38H,1-2H3/q-1/t38-/m0/s1. The lowest BCUT2D eigenvalue weighted by Crippen LogP contribution is -2.32. The second-order valence-corrected chi connectivity index (χ2v) is 14.7. The summed E-state index contributed by atoms with van der Waals surface area (Å²) in [6.45, 7) is 0. The molecule has 0 aliphatic rings. The van der Waals surface area contributed by atoms with Crippen molar-refractivity contribution in [3.8, 4) is 0 Å². The van der Waals surface area contributed by atoms with Gasteiger partial charge in [-0.1, -0.05) is 146 Å².